The minimum absolute atomic E-state index is 0. The summed E-state index contributed by atoms with van der Waals surface area (Å²) in [6.45, 7) is 4.29. The quantitative estimate of drug-likeness (QED) is 0.0127. The Morgan fingerprint density at radius 3 is 1.14 bits per heavy atom. The molecular weight excluding hydrogens is 1350 g/mol. The fourth-order valence-corrected chi connectivity index (χ4v) is 18.5. The van der Waals surface area contributed by atoms with Crippen molar-refractivity contribution in [1.29, 1.82) is 0 Å². The van der Waals surface area contributed by atoms with E-state index < -0.39 is 130 Å². The van der Waals surface area contributed by atoms with E-state index in [1.807, 2.05) is 12.1 Å². The van der Waals surface area contributed by atoms with Gasteiger partial charge in [0.2, 0.25) is 55.2 Å². The second-order valence-electron chi connectivity index (χ2n) is 25.8. The molecular formula is C68H92Li2N10O16P2S2+2. The maximum atomic E-state index is 14.3. The minimum atomic E-state index is -3.77. The Morgan fingerprint density at radius 1 is 0.510 bits per heavy atom. The zero-order valence-corrected chi connectivity index (χ0v) is 61.1. The molecule has 2 heterocycles. The molecule has 2 aromatic heterocycles. The maximum absolute atomic E-state index is 14.3. The predicted octanol–water partition coefficient (Wildman–Crippen LogP) is -1.36. The van der Waals surface area contributed by atoms with E-state index in [2.05, 4.69) is 30.7 Å². The smallest absolute Gasteiger partial charge is 0.529 e. The number of amides is 4. The number of aliphatic hydroxyl groups excluding tert-OH is 2. The zero-order chi connectivity index (χ0) is 71.5. The Balaban J connectivity index is 0.000000353. The van der Waals surface area contributed by atoms with Crippen LogP contribution in [0, 0.1) is 10.8 Å². The number of carbonyl (C=O) groups is 6. The fraction of sp³-hybridized carbons (Fsp3) is 0.500. The van der Waals surface area contributed by atoms with Gasteiger partial charge in [-0.25, -0.2) is 26.3 Å². The molecule has 8 rings (SSSR count). The van der Waals surface area contributed by atoms with Crippen molar-refractivity contribution in [3.8, 4) is 0 Å². The molecule has 0 saturated heterocycles. The number of fused-ring (bicyclic) bond motifs is 2. The standard InChI is InChI=1S/2C34H46N5O8PS.2Li/c2*1-23(20-25-22-39(33(43)44)28-16-7-6-14-26(25)28)36-31(41)34(17-9-10-18-34)32(42)48(45)29(21-24-12-4-3-5-13-24)37-30(40)27(15-8-11-19-35)38-49(2,46)47;;/h2*3-7,12-14,16,22-23,27,29,32,38,42H,8-11,15,17-21,35H2,1-2H3,(H2-,36,37,40,41,43,44);;/q;;2*+1/t2*23-,27+,29-,32?;;/m11../s1. The molecule has 6 aromatic rings. The molecule has 2 aliphatic carbocycles. The molecule has 0 aliphatic heterocycles. The molecule has 532 valence electrons. The van der Waals surface area contributed by atoms with Gasteiger partial charge in [-0.1, -0.05) is 145 Å². The summed E-state index contributed by atoms with van der Waals surface area (Å²) in [4.78, 5) is 78.5. The largest absolute Gasteiger partial charge is 1.00 e. The topological polar surface area (TPSA) is 425 Å². The van der Waals surface area contributed by atoms with E-state index in [1.165, 1.54) is 12.4 Å². The van der Waals surface area contributed by atoms with Gasteiger partial charge in [-0.15, -0.1) is 0 Å². The van der Waals surface area contributed by atoms with Gasteiger partial charge in [0, 0.05) is 48.1 Å². The van der Waals surface area contributed by atoms with Gasteiger partial charge in [-0.05, 0) is 126 Å². The summed E-state index contributed by atoms with van der Waals surface area (Å²) in [6, 6.07) is 28.6. The number of unbranched alkanes of at least 4 members (excludes halogenated alkanes) is 2. The van der Waals surface area contributed by atoms with Gasteiger partial charge in [0.05, 0.1) is 23.5 Å². The zero-order valence-electron chi connectivity index (χ0n) is 57.7. The summed E-state index contributed by atoms with van der Waals surface area (Å²) in [5.74, 6) is -7.79. The van der Waals surface area contributed by atoms with Crippen LogP contribution in [0.5, 0.6) is 0 Å². The van der Waals surface area contributed by atoms with E-state index in [9.17, 15) is 75.2 Å². The van der Waals surface area contributed by atoms with Gasteiger partial charge in [0.15, 0.2) is 0 Å². The molecule has 0 spiro atoms. The van der Waals surface area contributed by atoms with Crippen LogP contribution in [0.15, 0.2) is 122 Å². The number of carbonyl (C=O) groups excluding carboxylic acids is 6. The van der Waals surface area contributed by atoms with Gasteiger partial charge in [-0.3, -0.25) is 19.2 Å². The van der Waals surface area contributed by atoms with Crippen molar-refractivity contribution in [2.45, 2.75) is 177 Å². The van der Waals surface area contributed by atoms with Crippen molar-refractivity contribution in [1.82, 2.24) is 39.8 Å². The average Bonchev–Trinajstić information content (AvgIpc) is 1.56. The number of benzene rings is 4. The van der Waals surface area contributed by atoms with E-state index in [-0.39, 0.29) is 102 Å². The number of hydrogen-bond donors (Lipinski definition) is 10. The number of nitrogens with one attached hydrogen (secondary N) is 6. The van der Waals surface area contributed by atoms with Crippen LogP contribution < -0.4 is 90.1 Å². The third-order valence-corrected chi connectivity index (χ3v) is 23.4. The Morgan fingerprint density at radius 2 is 0.830 bits per heavy atom. The van der Waals surface area contributed by atoms with Crippen LogP contribution in [-0.4, -0.2) is 145 Å². The van der Waals surface area contributed by atoms with Crippen molar-refractivity contribution < 1.29 is 113 Å². The number of nitrogens with zero attached hydrogens (tertiary/aromatic N) is 2. The fourth-order valence-electron chi connectivity index (χ4n) is 13.3. The Kier molecular flexibility index (Phi) is 32.9. The molecule has 0 radical (unpaired) electrons. The third-order valence-electron chi connectivity index (χ3n) is 18.2. The van der Waals surface area contributed by atoms with E-state index in [0.29, 0.717) is 97.4 Å². The number of sulfonamides is 2. The third kappa shape index (κ3) is 22.9. The van der Waals surface area contributed by atoms with Gasteiger partial charge < -0.3 is 71.9 Å². The molecule has 26 nitrogen and oxygen atoms in total. The van der Waals surface area contributed by atoms with E-state index in [4.69, 9.17) is 11.5 Å². The molecule has 32 heteroatoms. The van der Waals surface area contributed by atoms with Crippen molar-refractivity contribution in [3.05, 3.63) is 144 Å². The van der Waals surface area contributed by atoms with Crippen LogP contribution in [-0.2, 0) is 74.0 Å². The molecule has 12 N–H and O–H groups in total. The summed E-state index contributed by atoms with van der Waals surface area (Å²) in [5, 5.41) is 59.9. The molecule has 0 bridgehead atoms. The van der Waals surface area contributed by atoms with Crippen LogP contribution >= 0.6 is 15.6 Å². The number of para-hydroxylation sites is 2. The molecule has 4 amide bonds. The SMILES string of the molecule is C[C@H](Cc1cn(C(=O)[O-])c2ccccc12)NC(=O)C1(C(O)[P+](=O)[C@H](Cc2ccccc2)NC(=O)[C@H](CCCCN)NS(C)(=O)=O)CCCC1.C[C@H](Cc1cn(C(=O)[O-])c2ccccc12)NC(=O)C1(C(O)[P+](=O)[C@H](Cc2ccccc2)NC(=O)[C@H](CCCCN)NS(C)(=O)=O)CCCC1.[Li+].[Li+]. The van der Waals surface area contributed by atoms with Crippen LogP contribution in [0.2, 0.25) is 0 Å². The number of rotatable bonds is 34. The molecule has 2 fully saturated rings. The first-order valence-corrected chi connectivity index (χ1v) is 39.6. The first-order valence-electron chi connectivity index (χ1n) is 33.0. The maximum Gasteiger partial charge on any atom is 1.00 e. The molecule has 2 aliphatic rings. The normalized spacial score (nSPS) is 16.8. The summed E-state index contributed by atoms with van der Waals surface area (Å²) in [7, 11) is -12.9. The number of aromatic nitrogens is 2. The molecule has 4 unspecified atom stereocenters. The monoisotopic (exact) mass is 1440 g/mol. The van der Waals surface area contributed by atoms with Crippen molar-refractivity contribution in [3.63, 3.8) is 0 Å². The van der Waals surface area contributed by atoms with Crippen molar-refractivity contribution >= 4 is 93.3 Å². The van der Waals surface area contributed by atoms with Crippen LogP contribution in [0.25, 0.3) is 21.8 Å². The van der Waals surface area contributed by atoms with Crippen molar-refractivity contribution in [2.75, 3.05) is 25.6 Å². The molecule has 4 aromatic carbocycles. The second-order valence-corrected chi connectivity index (χ2v) is 33.1. The van der Waals surface area contributed by atoms with Crippen LogP contribution in [0.4, 0.5) is 9.59 Å². The summed E-state index contributed by atoms with van der Waals surface area (Å²) < 4.78 is 83.8. The Hall–Kier alpha value is -6.17. The van der Waals surface area contributed by atoms with Gasteiger partial charge in [-0.2, -0.15) is 0 Å². The first-order chi connectivity index (χ1) is 46.5. The summed E-state index contributed by atoms with van der Waals surface area (Å²) in [6.07, 6.45) is 8.86. The van der Waals surface area contributed by atoms with Crippen LogP contribution in [0.3, 0.4) is 0 Å². The number of hydrogen-bond acceptors (Lipinski definition) is 18. The van der Waals surface area contributed by atoms with E-state index >= 15 is 0 Å². The summed E-state index contributed by atoms with van der Waals surface area (Å²) in [5.41, 5.74) is 12.2. The minimum Gasteiger partial charge on any atom is -0.529 e. The predicted molar refractivity (Wildman–Crippen MR) is 371 cm³/mol. The molecule has 2 saturated carbocycles. The van der Waals surface area contributed by atoms with Gasteiger partial charge >= 0.3 is 53.3 Å². The van der Waals surface area contributed by atoms with Crippen LogP contribution in [0.1, 0.15) is 126 Å². The second kappa shape index (κ2) is 38.9. The van der Waals surface area contributed by atoms with E-state index in [1.54, 1.807) is 111 Å². The molecule has 100 heavy (non-hydrogen) atoms. The summed E-state index contributed by atoms with van der Waals surface area (Å²) >= 11 is 0. The molecule has 10 atom stereocenters. The van der Waals surface area contributed by atoms with Gasteiger partial charge in [0.25, 0.3) is 11.7 Å². The van der Waals surface area contributed by atoms with Gasteiger partial charge in [0.1, 0.15) is 35.1 Å². The number of carboxylic acid groups (broad SMARTS) is 2. The Labute approximate surface area is 610 Å². The first kappa shape index (κ1) is 84.5. The number of aliphatic hydroxyl groups is 2. The Bertz CT molecular complexity index is 3760. The number of nitrogens with two attached hydrogens (primary N) is 2. The van der Waals surface area contributed by atoms with E-state index in [0.717, 1.165) is 32.8 Å². The van der Waals surface area contributed by atoms with Crippen molar-refractivity contribution in [2.24, 2.45) is 22.3 Å². The average molecular weight is 1450 g/mol.